The summed E-state index contributed by atoms with van der Waals surface area (Å²) >= 11 is 0. The average Bonchev–Trinajstić information content (AvgIpc) is 3.36. The molecule has 0 aliphatic heterocycles. The Bertz CT molecular complexity index is 1430. The van der Waals surface area contributed by atoms with Crippen molar-refractivity contribution in [1.82, 2.24) is 0 Å². The number of carbonyl (C=O) groups is 2. The second-order valence-electron chi connectivity index (χ2n) is 9.82. The summed E-state index contributed by atoms with van der Waals surface area (Å²) in [7, 11) is 0. The molecule has 0 saturated carbocycles. The summed E-state index contributed by atoms with van der Waals surface area (Å²) in [5.41, 5.74) is 6.81. The molecule has 2 aromatic heterocycles. The third kappa shape index (κ3) is 4.41. The van der Waals surface area contributed by atoms with Crippen molar-refractivity contribution in [3.8, 4) is 0 Å². The highest BCUT2D eigenvalue weighted by Gasteiger charge is 2.29. The summed E-state index contributed by atoms with van der Waals surface area (Å²) in [6.45, 7) is 5.90. The summed E-state index contributed by atoms with van der Waals surface area (Å²) < 4.78 is 11.8. The van der Waals surface area contributed by atoms with Crippen molar-refractivity contribution < 1.29 is 23.5 Å². The van der Waals surface area contributed by atoms with Crippen molar-refractivity contribution in [3.63, 3.8) is 0 Å². The molecule has 0 fully saturated rings. The molecule has 0 unspecified atom stereocenters. The largest absolute Gasteiger partial charge is 0.478 e. The summed E-state index contributed by atoms with van der Waals surface area (Å²) in [4.78, 5) is 24.8. The van der Waals surface area contributed by atoms with Crippen LogP contribution < -0.4 is 0 Å². The van der Waals surface area contributed by atoms with Crippen LogP contribution in [0.1, 0.15) is 84.2 Å². The molecule has 4 aromatic rings. The van der Waals surface area contributed by atoms with Crippen molar-refractivity contribution in [3.05, 3.63) is 117 Å². The molecule has 0 radical (unpaired) electrons. The number of carboxylic acid groups (broad SMARTS) is 1. The molecule has 0 amide bonds. The Labute approximate surface area is 210 Å². The topological polar surface area (TPSA) is 80.7 Å². The van der Waals surface area contributed by atoms with Crippen molar-refractivity contribution in [2.24, 2.45) is 0 Å². The Morgan fingerprint density at radius 3 is 2.47 bits per heavy atom. The first-order valence-electron chi connectivity index (χ1n) is 12.5. The highest BCUT2D eigenvalue weighted by atomic mass is 16.4. The second-order valence-corrected chi connectivity index (χ2v) is 9.82. The number of carbonyl (C=O) groups excluding carboxylic acids is 1. The van der Waals surface area contributed by atoms with Gasteiger partial charge in [0.05, 0.1) is 11.8 Å². The van der Waals surface area contributed by atoms with Crippen LogP contribution in [-0.2, 0) is 32.1 Å². The molecular formula is C31H30O5. The molecule has 2 heterocycles. The van der Waals surface area contributed by atoms with E-state index >= 15 is 0 Å². The van der Waals surface area contributed by atoms with Crippen LogP contribution >= 0.6 is 0 Å². The van der Waals surface area contributed by atoms with Gasteiger partial charge in [0.2, 0.25) is 0 Å². The number of benzene rings is 2. The molecule has 1 aliphatic carbocycles. The van der Waals surface area contributed by atoms with Crippen LogP contribution in [0.25, 0.3) is 0 Å². The van der Waals surface area contributed by atoms with E-state index in [9.17, 15) is 14.7 Å². The van der Waals surface area contributed by atoms with Crippen LogP contribution in [0.3, 0.4) is 0 Å². The van der Waals surface area contributed by atoms with Gasteiger partial charge in [-0.2, -0.15) is 0 Å². The maximum atomic E-state index is 13.3. The lowest BCUT2D eigenvalue weighted by Crippen LogP contribution is -2.05. The second kappa shape index (κ2) is 9.65. The molecule has 2 aromatic carbocycles. The van der Waals surface area contributed by atoms with E-state index in [0.717, 1.165) is 58.6 Å². The van der Waals surface area contributed by atoms with Crippen molar-refractivity contribution >= 4 is 11.8 Å². The van der Waals surface area contributed by atoms with Gasteiger partial charge in [0.15, 0.2) is 5.78 Å². The predicted octanol–water partition coefficient (Wildman–Crippen LogP) is 6.65. The Morgan fingerprint density at radius 1 is 1.00 bits per heavy atom. The first kappa shape index (κ1) is 23.9. The minimum Gasteiger partial charge on any atom is -0.478 e. The van der Waals surface area contributed by atoms with E-state index in [1.54, 1.807) is 6.92 Å². The van der Waals surface area contributed by atoms with Gasteiger partial charge < -0.3 is 13.9 Å². The lowest BCUT2D eigenvalue weighted by molar-refractivity contribution is 0.0693. The highest BCUT2D eigenvalue weighted by Crippen LogP contribution is 2.35. The summed E-state index contributed by atoms with van der Waals surface area (Å²) in [5.74, 6) is 1.47. The first-order chi connectivity index (χ1) is 17.3. The fourth-order valence-electron chi connectivity index (χ4n) is 5.39. The fraction of sp³-hybridized carbons (Fsp3) is 0.290. The van der Waals surface area contributed by atoms with E-state index in [0.29, 0.717) is 24.2 Å². The summed E-state index contributed by atoms with van der Waals surface area (Å²) in [5, 5.41) is 9.41. The molecule has 36 heavy (non-hydrogen) atoms. The third-order valence-electron chi connectivity index (χ3n) is 7.29. The van der Waals surface area contributed by atoms with Crippen LogP contribution in [0.4, 0.5) is 0 Å². The average molecular weight is 483 g/mol. The quantitative estimate of drug-likeness (QED) is 0.319. The van der Waals surface area contributed by atoms with Crippen LogP contribution in [0.15, 0.2) is 63.6 Å². The molecule has 184 valence electrons. The maximum absolute atomic E-state index is 13.3. The number of aryl methyl sites for hydroxylation is 5. The zero-order chi connectivity index (χ0) is 25.4. The monoisotopic (exact) mass is 482 g/mol. The fourth-order valence-corrected chi connectivity index (χ4v) is 5.39. The summed E-state index contributed by atoms with van der Waals surface area (Å²) in [6, 6.07) is 16.2. The third-order valence-corrected chi connectivity index (χ3v) is 7.29. The molecule has 5 nitrogen and oxygen atoms in total. The van der Waals surface area contributed by atoms with Gasteiger partial charge in [-0.1, -0.05) is 55.5 Å². The van der Waals surface area contributed by atoms with E-state index in [1.165, 1.54) is 11.8 Å². The molecule has 5 rings (SSSR count). The molecule has 0 saturated heterocycles. The van der Waals surface area contributed by atoms with Crippen LogP contribution in [0.2, 0.25) is 0 Å². The molecule has 0 spiro atoms. The van der Waals surface area contributed by atoms with E-state index in [1.807, 2.05) is 31.2 Å². The first-order valence-corrected chi connectivity index (χ1v) is 12.5. The molecule has 1 N–H and O–H groups in total. The number of hydrogen-bond acceptors (Lipinski definition) is 4. The van der Waals surface area contributed by atoms with E-state index < -0.39 is 5.97 Å². The standard InChI is InChI=1S/C31H30O5/c1-18(30-20(3)28-26(36-30)15-13-23-6-4-5-7-24(23)29(28)32)16-22-10-8-21(9-11-22)12-14-25-27(31(33)34)19(2)17-35-25/h4-11,17-18H,12-16H2,1-3H3,(H,33,34)/t18-/m1/s1. The lowest BCUT2D eigenvalue weighted by Gasteiger charge is -2.12. The van der Waals surface area contributed by atoms with Crippen molar-refractivity contribution in [2.45, 2.75) is 58.8 Å². The molecular weight excluding hydrogens is 452 g/mol. The van der Waals surface area contributed by atoms with Gasteiger partial charge in [0.1, 0.15) is 22.8 Å². The van der Waals surface area contributed by atoms with Crippen LogP contribution in [-0.4, -0.2) is 16.9 Å². The maximum Gasteiger partial charge on any atom is 0.339 e. The van der Waals surface area contributed by atoms with E-state index in [-0.39, 0.29) is 17.3 Å². The van der Waals surface area contributed by atoms with Crippen LogP contribution in [0, 0.1) is 13.8 Å². The predicted molar refractivity (Wildman–Crippen MR) is 137 cm³/mol. The van der Waals surface area contributed by atoms with Gasteiger partial charge in [-0.25, -0.2) is 4.79 Å². The van der Waals surface area contributed by atoms with E-state index in [2.05, 4.69) is 31.2 Å². The molecule has 5 heteroatoms. The Kier molecular flexibility index (Phi) is 6.40. The normalized spacial score (nSPS) is 13.7. The van der Waals surface area contributed by atoms with Gasteiger partial charge >= 0.3 is 5.97 Å². The number of fused-ring (bicyclic) bond motifs is 2. The highest BCUT2D eigenvalue weighted by molar-refractivity contribution is 6.12. The van der Waals surface area contributed by atoms with Gasteiger partial charge in [-0.3, -0.25) is 4.79 Å². The van der Waals surface area contributed by atoms with Crippen molar-refractivity contribution in [2.75, 3.05) is 0 Å². The number of rotatable bonds is 7. The smallest absolute Gasteiger partial charge is 0.339 e. The van der Waals surface area contributed by atoms with Gasteiger partial charge in [-0.15, -0.1) is 0 Å². The minimum atomic E-state index is -0.947. The minimum absolute atomic E-state index is 0.0694. The number of furan rings is 2. The number of ketones is 1. The molecule has 1 atom stereocenters. The number of hydrogen-bond donors (Lipinski definition) is 1. The SMILES string of the molecule is Cc1coc(CCc2ccc(C[C@@H](C)c3oc4c(c3C)C(=O)c3ccccc3CC4)cc2)c1C(=O)O. The van der Waals surface area contributed by atoms with Crippen molar-refractivity contribution in [1.29, 1.82) is 0 Å². The zero-order valence-electron chi connectivity index (χ0n) is 20.9. The Hall–Kier alpha value is -3.86. The van der Waals surface area contributed by atoms with Gasteiger partial charge in [0.25, 0.3) is 0 Å². The van der Waals surface area contributed by atoms with E-state index in [4.69, 9.17) is 8.83 Å². The number of carboxylic acids is 1. The lowest BCUT2D eigenvalue weighted by atomic mass is 9.92. The zero-order valence-corrected chi connectivity index (χ0v) is 20.9. The molecule has 0 bridgehead atoms. The Morgan fingerprint density at radius 2 is 1.72 bits per heavy atom. The Balaban J connectivity index is 1.28. The van der Waals surface area contributed by atoms with Gasteiger partial charge in [0, 0.05) is 35.4 Å². The van der Waals surface area contributed by atoms with Gasteiger partial charge in [-0.05, 0) is 49.8 Å². The number of aromatic carboxylic acids is 1. The molecule has 1 aliphatic rings. The summed E-state index contributed by atoms with van der Waals surface area (Å²) in [6.07, 6.45) is 5.10. The van der Waals surface area contributed by atoms with Crippen LogP contribution in [0.5, 0.6) is 0 Å².